The summed E-state index contributed by atoms with van der Waals surface area (Å²) in [6.45, 7) is 3.49. The van der Waals surface area contributed by atoms with Crippen LogP contribution >= 0.6 is 0 Å². The van der Waals surface area contributed by atoms with E-state index in [4.69, 9.17) is 5.11 Å². The summed E-state index contributed by atoms with van der Waals surface area (Å²) in [7, 11) is 0. The second-order valence-corrected chi connectivity index (χ2v) is 5.37. The van der Waals surface area contributed by atoms with Gasteiger partial charge in [-0.2, -0.15) is 0 Å². The molecular weight excluding hydrogens is 275 g/mol. The van der Waals surface area contributed by atoms with Crippen molar-refractivity contribution in [2.45, 2.75) is 38.3 Å². The molecule has 2 unspecified atom stereocenters. The van der Waals surface area contributed by atoms with Crippen molar-refractivity contribution in [1.82, 2.24) is 10.6 Å². The normalized spacial score (nSPS) is 15.1. The Hall–Kier alpha value is -1.66. The van der Waals surface area contributed by atoms with Gasteiger partial charge in [-0.1, -0.05) is 12.1 Å². The van der Waals surface area contributed by atoms with E-state index in [1.165, 1.54) is 24.3 Å². The van der Waals surface area contributed by atoms with Crippen molar-refractivity contribution in [3.8, 4) is 0 Å². The van der Waals surface area contributed by atoms with Crippen molar-refractivity contribution >= 4 is 6.03 Å². The molecule has 0 saturated heterocycles. The van der Waals surface area contributed by atoms with Gasteiger partial charge in [0.2, 0.25) is 0 Å². The fourth-order valence-electron chi connectivity index (χ4n) is 1.91. The smallest absolute Gasteiger partial charge is 0.315 e. The lowest BCUT2D eigenvalue weighted by Gasteiger charge is -2.25. The fourth-order valence-corrected chi connectivity index (χ4v) is 1.91. The highest BCUT2D eigenvalue weighted by atomic mass is 19.1. The highest BCUT2D eigenvalue weighted by Gasteiger charge is 2.24. The first-order valence-electron chi connectivity index (χ1n) is 6.99. The highest BCUT2D eigenvalue weighted by molar-refractivity contribution is 5.74. The first-order valence-corrected chi connectivity index (χ1v) is 6.99. The van der Waals surface area contributed by atoms with Crippen molar-refractivity contribution < 1.29 is 19.4 Å². The van der Waals surface area contributed by atoms with E-state index >= 15 is 0 Å². The highest BCUT2D eigenvalue weighted by Crippen LogP contribution is 2.19. The molecule has 4 N–H and O–H groups in total. The predicted molar refractivity (Wildman–Crippen MR) is 78.3 cm³/mol. The van der Waals surface area contributed by atoms with Gasteiger partial charge in [-0.15, -0.1) is 0 Å². The van der Waals surface area contributed by atoms with Crippen molar-refractivity contribution in [2.24, 2.45) is 0 Å². The summed E-state index contributed by atoms with van der Waals surface area (Å²) in [6, 6.07) is 5.05. The molecule has 1 aromatic carbocycles. The number of hydrogen-bond donors (Lipinski definition) is 4. The van der Waals surface area contributed by atoms with Crippen molar-refractivity contribution in [3.05, 3.63) is 35.6 Å². The molecule has 0 spiro atoms. The maximum absolute atomic E-state index is 12.9. The van der Waals surface area contributed by atoms with Crippen LogP contribution in [0.1, 0.15) is 32.3 Å². The molecule has 1 rings (SSSR count). The molecule has 0 radical (unpaired) electrons. The van der Waals surface area contributed by atoms with E-state index in [1.807, 2.05) is 6.92 Å². The third kappa shape index (κ3) is 6.10. The van der Waals surface area contributed by atoms with Crippen LogP contribution < -0.4 is 10.6 Å². The first-order chi connectivity index (χ1) is 9.85. The summed E-state index contributed by atoms with van der Waals surface area (Å²) < 4.78 is 12.9. The zero-order valence-corrected chi connectivity index (χ0v) is 12.4. The molecule has 0 heterocycles. The molecule has 2 atom stereocenters. The number of carbonyl (C=O) groups is 1. The molecule has 1 aromatic rings. The minimum atomic E-state index is -1.28. The number of amides is 2. The van der Waals surface area contributed by atoms with Gasteiger partial charge in [0.05, 0.1) is 6.54 Å². The number of rotatable bonds is 7. The van der Waals surface area contributed by atoms with Crippen LogP contribution in [0.4, 0.5) is 9.18 Å². The number of nitrogens with one attached hydrogen (secondary N) is 2. The van der Waals surface area contributed by atoms with Crippen LogP contribution in [0.5, 0.6) is 0 Å². The zero-order valence-electron chi connectivity index (χ0n) is 12.4. The van der Waals surface area contributed by atoms with Crippen LogP contribution in [0.25, 0.3) is 0 Å². The number of urea groups is 1. The average molecular weight is 298 g/mol. The molecule has 6 heteroatoms. The Balaban J connectivity index is 2.45. The van der Waals surface area contributed by atoms with Gasteiger partial charge < -0.3 is 20.8 Å². The van der Waals surface area contributed by atoms with Crippen LogP contribution in [0.15, 0.2) is 24.3 Å². The van der Waals surface area contributed by atoms with Gasteiger partial charge in [-0.3, -0.25) is 0 Å². The predicted octanol–water partition coefficient (Wildman–Crippen LogP) is 1.49. The third-order valence-electron chi connectivity index (χ3n) is 3.23. The Morgan fingerprint density at radius 2 is 2.00 bits per heavy atom. The van der Waals surface area contributed by atoms with E-state index in [2.05, 4.69) is 10.6 Å². The van der Waals surface area contributed by atoms with Gasteiger partial charge >= 0.3 is 6.03 Å². The lowest BCUT2D eigenvalue weighted by Crippen LogP contribution is -2.46. The number of benzene rings is 1. The van der Waals surface area contributed by atoms with Gasteiger partial charge in [0, 0.05) is 12.6 Å². The molecule has 2 amide bonds. The number of halogens is 1. The molecule has 0 aliphatic rings. The molecule has 0 aliphatic heterocycles. The van der Waals surface area contributed by atoms with Gasteiger partial charge in [0.1, 0.15) is 11.4 Å². The summed E-state index contributed by atoms with van der Waals surface area (Å²) in [6.07, 6.45) is 1.30. The Bertz CT molecular complexity index is 449. The summed E-state index contributed by atoms with van der Waals surface area (Å²) >= 11 is 0. The quantitative estimate of drug-likeness (QED) is 0.615. The van der Waals surface area contributed by atoms with Gasteiger partial charge in [-0.05, 0) is 44.4 Å². The SMILES string of the molecule is CC(CCCO)NC(=O)NCC(C)(O)c1ccc(F)cc1. The van der Waals surface area contributed by atoms with Crippen LogP contribution in [-0.4, -0.2) is 35.4 Å². The summed E-state index contributed by atoms with van der Waals surface area (Å²) in [4.78, 5) is 11.7. The molecule has 5 nitrogen and oxygen atoms in total. The van der Waals surface area contributed by atoms with E-state index in [0.717, 1.165) is 0 Å². The average Bonchev–Trinajstić information content (AvgIpc) is 2.43. The number of carbonyl (C=O) groups excluding carboxylic acids is 1. The summed E-state index contributed by atoms with van der Waals surface area (Å²) in [5.41, 5.74) is -0.753. The van der Waals surface area contributed by atoms with E-state index in [-0.39, 0.29) is 31.0 Å². The number of aliphatic hydroxyl groups is 2. The molecule has 0 bridgehead atoms. The molecule has 0 aliphatic carbocycles. The van der Waals surface area contributed by atoms with Crippen LogP contribution in [0.3, 0.4) is 0 Å². The lowest BCUT2D eigenvalue weighted by molar-refractivity contribution is 0.0592. The van der Waals surface area contributed by atoms with Crippen molar-refractivity contribution in [2.75, 3.05) is 13.2 Å². The monoisotopic (exact) mass is 298 g/mol. The maximum atomic E-state index is 12.9. The first kappa shape index (κ1) is 17.4. The molecule has 0 saturated carbocycles. The summed E-state index contributed by atoms with van der Waals surface area (Å²) in [5, 5.41) is 24.3. The maximum Gasteiger partial charge on any atom is 0.315 e. The molecule has 0 fully saturated rings. The number of hydrogen-bond acceptors (Lipinski definition) is 3. The lowest BCUT2D eigenvalue weighted by atomic mass is 9.96. The second kappa shape index (κ2) is 7.95. The molecule has 118 valence electrons. The van der Waals surface area contributed by atoms with Crippen LogP contribution in [0, 0.1) is 5.82 Å². The third-order valence-corrected chi connectivity index (χ3v) is 3.23. The van der Waals surface area contributed by atoms with Crippen molar-refractivity contribution in [1.29, 1.82) is 0 Å². The topological polar surface area (TPSA) is 81.6 Å². The molecular formula is C15H23FN2O3. The Kier molecular flexibility index (Phi) is 6.58. The van der Waals surface area contributed by atoms with Crippen molar-refractivity contribution in [3.63, 3.8) is 0 Å². The van der Waals surface area contributed by atoms with Gasteiger partial charge in [0.15, 0.2) is 0 Å². The number of aliphatic hydroxyl groups excluding tert-OH is 1. The Labute approximate surface area is 124 Å². The molecule has 21 heavy (non-hydrogen) atoms. The Morgan fingerprint density at radius 3 is 2.57 bits per heavy atom. The van der Waals surface area contributed by atoms with E-state index < -0.39 is 5.60 Å². The standard InChI is InChI=1S/C15H23FN2O3/c1-11(4-3-9-19)18-14(20)17-10-15(2,21)12-5-7-13(16)8-6-12/h5-8,11,19,21H,3-4,9-10H2,1-2H3,(H2,17,18,20). The largest absolute Gasteiger partial charge is 0.396 e. The second-order valence-electron chi connectivity index (χ2n) is 5.37. The van der Waals surface area contributed by atoms with E-state index in [9.17, 15) is 14.3 Å². The van der Waals surface area contributed by atoms with E-state index in [1.54, 1.807) is 6.92 Å². The summed E-state index contributed by atoms with van der Waals surface area (Å²) in [5.74, 6) is -0.377. The minimum absolute atomic E-state index is 0.0111. The van der Waals surface area contributed by atoms with Crippen LogP contribution in [0.2, 0.25) is 0 Å². The fraction of sp³-hybridized carbons (Fsp3) is 0.533. The minimum Gasteiger partial charge on any atom is -0.396 e. The van der Waals surface area contributed by atoms with Gasteiger partial charge in [0.25, 0.3) is 0 Å². The van der Waals surface area contributed by atoms with Gasteiger partial charge in [-0.25, -0.2) is 9.18 Å². The van der Waals surface area contributed by atoms with Crippen LogP contribution in [-0.2, 0) is 5.60 Å². The zero-order chi connectivity index (χ0) is 15.9. The Morgan fingerprint density at radius 1 is 1.38 bits per heavy atom. The van der Waals surface area contributed by atoms with E-state index in [0.29, 0.717) is 18.4 Å². The molecule has 0 aromatic heterocycles.